The Labute approximate surface area is 117 Å². The lowest BCUT2D eigenvalue weighted by atomic mass is 10.0. The summed E-state index contributed by atoms with van der Waals surface area (Å²) in [5.74, 6) is 0.338. The molecule has 3 rings (SSSR count). The summed E-state index contributed by atoms with van der Waals surface area (Å²) in [6.07, 6.45) is 0.274. The minimum atomic E-state index is -0.243. The van der Waals surface area contributed by atoms with E-state index < -0.39 is 0 Å². The zero-order chi connectivity index (χ0) is 13.8. The van der Waals surface area contributed by atoms with Gasteiger partial charge in [-0.3, -0.25) is 4.79 Å². The molecule has 0 radical (unpaired) electrons. The highest BCUT2D eigenvalue weighted by molar-refractivity contribution is 5.89. The minimum Gasteiger partial charge on any atom is -0.426 e. The summed E-state index contributed by atoms with van der Waals surface area (Å²) in [7, 11) is 0. The predicted octanol–water partition coefficient (Wildman–Crippen LogP) is 3.99. The van der Waals surface area contributed by atoms with Gasteiger partial charge >= 0.3 is 5.97 Å². The van der Waals surface area contributed by atoms with Crippen molar-refractivity contribution in [3.05, 3.63) is 78.4 Å². The molecule has 98 valence electrons. The molecule has 0 aliphatic heterocycles. The molecule has 0 aliphatic rings. The van der Waals surface area contributed by atoms with Gasteiger partial charge in [0.25, 0.3) is 0 Å². The van der Waals surface area contributed by atoms with Crippen LogP contribution in [0.4, 0.5) is 0 Å². The average molecular weight is 262 g/mol. The molecule has 0 amide bonds. The van der Waals surface area contributed by atoms with Gasteiger partial charge in [0.05, 0.1) is 6.42 Å². The molecule has 0 aliphatic carbocycles. The number of hydrogen-bond donors (Lipinski definition) is 0. The van der Waals surface area contributed by atoms with Crippen molar-refractivity contribution in [2.24, 2.45) is 0 Å². The predicted molar refractivity (Wildman–Crippen MR) is 79.7 cm³/mol. The Bertz CT molecular complexity index is 727. The summed E-state index contributed by atoms with van der Waals surface area (Å²) >= 11 is 0. The van der Waals surface area contributed by atoms with Crippen molar-refractivity contribution in [1.82, 2.24) is 0 Å². The number of carbonyl (C=O) groups is 1. The molecule has 0 fully saturated rings. The summed E-state index contributed by atoms with van der Waals surface area (Å²) in [6.45, 7) is 0. The van der Waals surface area contributed by atoms with Crippen LogP contribution in [0.5, 0.6) is 5.75 Å². The van der Waals surface area contributed by atoms with Crippen LogP contribution in [0.2, 0.25) is 0 Å². The molecule has 20 heavy (non-hydrogen) atoms. The third-order valence-electron chi connectivity index (χ3n) is 3.19. The Morgan fingerprint density at radius 1 is 0.800 bits per heavy atom. The van der Waals surface area contributed by atoms with Gasteiger partial charge < -0.3 is 4.74 Å². The lowest BCUT2D eigenvalue weighted by Gasteiger charge is -2.07. The molecule has 0 aromatic heterocycles. The van der Waals surface area contributed by atoms with Crippen LogP contribution < -0.4 is 4.74 Å². The smallest absolute Gasteiger partial charge is 0.315 e. The van der Waals surface area contributed by atoms with E-state index in [-0.39, 0.29) is 12.4 Å². The number of para-hydroxylation sites is 1. The number of ether oxygens (including phenoxy) is 1. The molecule has 3 aromatic rings. The maximum absolute atomic E-state index is 12.0. The second kappa shape index (κ2) is 5.57. The number of esters is 1. The van der Waals surface area contributed by atoms with E-state index in [1.807, 2.05) is 60.7 Å². The summed E-state index contributed by atoms with van der Waals surface area (Å²) in [4.78, 5) is 12.0. The molecule has 0 saturated carbocycles. The van der Waals surface area contributed by atoms with Crippen molar-refractivity contribution in [2.75, 3.05) is 0 Å². The van der Waals surface area contributed by atoms with Crippen molar-refractivity contribution in [2.45, 2.75) is 6.42 Å². The van der Waals surface area contributed by atoms with E-state index in [4.69, 9.17) is 4.74 Å². The van der Waals surface area contributed by atoms with Crippen molar-refractivity contribution >= 4 is 16.7 Å². The Hall–Kier alpha value is -2.61. The molecular weight excluding hydrogens is 248 g/mol. The van der Waals surface area contributed by atoms with Gasteiger partial charge in [0.15, 0.2) is 0 Å². The van der Waals surface area contributed by atoms with Crippen LogP contribution in [-0.4, -0.2) is 5.97 Å². The third kappa shape index (κ3) is 2.69. The van der Waals surface area contributed by atoms with Gasteiger partial charge in [-0.25, -0.2) is 0 Å². The van der Waals surface area contributed by atoms with E-state index in [1.54, 1.807) is 12.1 Å². The van der Waals surface area contributed by atoms with Gasteiger partial charge in [0, 0.05) is 0 Å². The van der Waals surface area contributed by atoms with E-state index in [0.29, 0.717) is 5.75 Å². The topological polar surface area (TPSA) is 26.3 Å². The van der Waals surface area contributed by atoms with Gasteiger partial charge in [-0.2, -0.15) is 0 Å². The maximum atomic E-state index is 12.0. The first-order valence-electron chi connectivity index (χ1n) is 6.55. The normalized spacial score (nSPS) is 10.4. The molecule has 0 saturated heterocycles. The fraction of sp³-hybridized carbons (Fsp3) is 0.0556. The van der Waals surface area contributed by atoms with Crippen LogP contribution in [0.25, 0.3) is 10.8 Å². The first-order valence-corrected chi connectivity index (χ1v) is 6.55. The fourth-order valence-corrected chi connectivity index (χ4v) is 2.26. The first-order chi connectivity index (χ1) is 9.83. The van der Waals surface area contributed by atoms with Crippen molar-refractivity contribution < 1.29 is 9.53 Å². The molecule has 0 atom stereocenters. The van der Waals surface area contributed by atoms with E-state index in [9.17, 15) is 4.79 Å². The highest BCUT2D eigenvalue weighted by atomic mass is 16.5. The molecular formula is C18H14O2. The Balaban J connectivity index is 1.81. The quantitative estimate of drug-likeness (QED) is 0.527. The standard InChI is InChI=1S/C18H14O2/c19-18(20-16-10-2-1-3-11-16)13-15-9-6-8-14-7-4-5-12-17(14)15/h1-12H,13H2. The summed E-state index contributed by atoms with van der Waals surface area (Å²) < 4.78 is 5.33. The van der Waals surface area contributed by atoms with Crippen LogP contribution in [0.15, 0.2) is 72.8 Å². The minimum absolute atomic E-state index is 0.243. The number of hydrogen-bond acceptors (Lipinski definition) is 2. The molecule has 2 nitrogen and oxygen atoms in total. The SMILES string of the molecule is O=C(Cc1cccc2ccccc12)Oc1ccccc1. The van der Waals surface area contributed by atoms with Crippen LogP contribution in [0.1, 0.15) is 5.56 Å². The molecule has 0 unspecified atom stereocenters. The number of rotatable bonds is 3. The van der Waals surface area contributed by atoms with Crippen LogP contribution >= 0.6 is 0 Å². The highest BCUT2D eigenvalue weighted by Gasteiger charge is 2.08. The van der Waals surface area contributed by atoms with E-state index in [2.05, 4.69) is 0 Å². The lowest BCUT2D eigenvalue weighted by Crippen LogP contribution is -2.11. The van der Waals surface area contributed by atoms with Gasteiger partial charge in [-0.1, -0.05) is 60.7 Å². The molecule has 0 N–H and O–H groups in total. The van der Waals surface area contributed by atoms with E-state index >= 15 is 0 Å². The number of carbonyl (C=O) groups excluding carboxylic acids is 1. The lowest BCUT2D eigenvalue weighted by molar-refractivity contribution is -0.133. The van der Waals surface area contributed by atoms with E-state index in [1.165, 1.54) is 0 Å². The van der Waals surface area contributed by atoms with Gasteiger partial charge in [-0.05, 0) is 28.5 Å². The zero-order valence-corrected chi connectivity index (χ0v) is 11.0. The number of benzene rings is 3. The molecule has 0 bridgehead atoms. The van der Waals surface area contributed by atoms with Crippen LogP contribution in [0, 0.1) is 0 Å². The average Bonchev–Trinajstić information content (AvgIpc) is 2.48. The van der Waals surface area contributed by atoms with Crippen LogP contribution in [0.3, 0.4) is 0 Å². The zero-order valence-electron chi connectivity index (χ0n) is 11.0. The third-order valence-corrected chi connectivity index (χ3v) is 3.19. The Morgan fingerprint density at radius 3 is 2.35 bits per heavy atom. The summed E-state index contributed by atoms with van der Waals surface area (Å²) in [5, 5.41) is 2.23. The maximum Gasteiger partial charge on any atom is 0.315 e. The second-order valence-corrected chi connectivity index (χ2v) is 4.60. The molecule has 2 heteroatoms. The van der Waals surface area contributed by atoms with E-state index in [0.717, 1.165) is 16.3 Å². The number of fused-ring (bicyclic) bond motifs is 1. The highest BCUT2D eigenvalue weighted by Crippen LogP contribution is 2.19. The first kappa shape index (κ1) is 12.4. The molecule has 0 heterocycles. The Kier molecular flexibility index (Phi) is 3.46. The van der Waals surface area contributed by atoms with Gasteiger partial charge in [0.2, 0.25) is 0 Å². The fourth-order valence-electron chi connectivity index (χ4n) is 2.26. The Morgan fingerprint density at radius 2 is 1.50 bits per heavy atom. The summed E-state index contributed by atoms with van der Waals surface area (Å²) in [5.41, 5.74) is 0.990. The van der Waals surface area contributed by atoms with Crippen LogP contribution in [-0.2, 0) is 11.2 Å². The monoisotopic (exact) mass is 262 g/mol. The largest absolute Gasteiger partial charge is 0.426 e. The van der Waals surface area contributed by atoms with Gasteiger partial charge in [0.1, 0.15) is 5.75 Å². The molecule has 0 spiro atoms. The molecule has 3 aromatic carbocycles. The van der Waals surface area contributed by atoms with Gasteiger partial charge in [-0.15, -0.1) is 0 Å². The second-order valence-electron chi connectivity index (χ2n) is 4.60. The van der Waals surface area contributed by atoms with Crippen molar-refractivity contribution in [1.29, 1.82) is 0 Å². The van der Waals surface area contributed by atoms with Crippen molar-refractivity contribution in [3.63, 3.8) is 0 Å². The van der Waals surface area contributed by atoms with Crippen molar-refractivity contribution in [3.8, 4) is 5.75 Å². The summed E-state index contributed by atoms with van der Waals surface area (Å²) in [6, 6.07) is 23.2.